The lowest BCUT2D eigenvalue weighted by atomic mass is 10.1. The van der Waals surface area contributed by atoms with Crippen molar-refractivity contribution in [3.63, 3.8) is 0 Å². The lowest BCUT2D eigenvalue weighted by Gasteiger charge is -2.30. The SMILES string of the molecule is COC(=O)c1ccc(Oc2ncnc3c2cnn3C2CCN(C(=O)O)CC2)c(F)c1. The number of amides is 1. The molecule has 0 spiro atoms. The molecule has 1 fully saturated rings. The second-order valence-corrected chi connectivity index (χ2v) is 6.74. The Balaban J connectivity index is 1.58. The third kappa shape index (κ3) is 3.61. The predicted molar refractivity (Wildman–Crippen MR) is 101 cm³/mol. The molecule has 1 amide bonds. The Labute approximate surface area is 169 Å². The molecule has 1 N–H and O–H groups in total. The van der Waals surface area contributed by atoms with Crippen LogP contribution in [0.1, 0.15) is 29.2 Å². The smallest absolute Gasteiger partial charge is 0.407 e. The van der Waals surface area contributed by atoms with Gasteiger partial charge in [-0.1, -0.05) is 0 Å². The number of fused-ring (bicyclic) bond motifs is 1. The van der Waals surface area contributed by atoms with E-state index in [1.54, 1.807) is 4.68 Å². The van der Waals surface area contributed by atoms with Crippen LogP contribution >= 0.6 is 0 Å². The standard InChI is InChI=1S/C19H18FN5O5/c1-29-18(26)11-2-3-15(14(20)8-11)30-17-13-9-23-25(16(13)21-10-22-17)12-4-6-24(7-5-12)19(27)28/h2-3,8-10,12H,4-7H2,1H3,(H,27,28). The molecule has 0 unspecified atom stereocenters. The van der Waals surface area contributed by atoms with Crippen molar-refractivity contribution in [1.29, 1.82) is 0 Å². The maximum absolute atomic E-state index is 14.4. The van der Waals surface area contributed by atoms with Gasteiger partial charge in [-0.15, -0.1) is 0 Å². The van der Waals surface area contributed by atoms with Gasteiger partial charge in [0.05, 0.1) is 24.9 Å². The van der Waals surface area contributed by atoms with Gasteiger partial charge in [0.1, 0.15) is 11.7 Å². The Kier molecular flexibility index (Phi) is 5.17. The molecule has 0 radical (unpaired) electrons. The Hall–Kier alpha value is -3.76. The molecular formula is C19H18FN5O5. The van der Waals surface area contributed by atoms with Crippen LogP contribution in [0.4, 0.5) is 9.18 Å². The number of piperidine rings is 1. The van der Waals surface area contributed by atoms with Gasteiger partial charge in [0.25, 0.3) is 0 Å². The van der Waals surface area contributed by atoms with E-state index >= 15 is 0 Å². The molecule has 0 aliphatic carbocycles. The number of esters is 1. The first kappa shape index (κ1) is 19.6. The molecule has 0 saturated carbocycles. The molecule has 1 saturated heterocycles. The third-order valence-electron chi connectivity index (χ3n) is 5.00. The zero-order valence-corrected chi connectivity index (χ0v) is 16.0. The molecule has 1 aromatic carbocycles. The normalized spacial score (nSPS) is 14.7. The zero-order chi connectivity index (χ0) is 21.3. The molecular weight excluding hydrogens is 397 g/mol. The molecule has 1 aliphatic heterocycles. The zero-order valence-electron chi connectivity index (χ0n) is 16.0. The summed E-state index contributed by atoms with van der Waals surface area (Å²) in [5.74, 6) is -1.37. The Morgan fingerprint density at radius 3 is 2.67 bits per heavy atom. The van der Waals surface area contributed by atoms with Crippen molar-refractivity contribution in [3.8, 4) is 11.6 Å². The Morgan fingerprint density at radius 2 is 2.00 bits per heavy atom. The third-order valence-corrected chi connectivity index (χ3v) is 5.00. The number of carbonyl (C=O) groups is 2. The van der Waals surface area contributed by atoms with Crippen LogP contribution in [0.15, 0.2) is 30.7 Å². The quantitative estimate of drug-likeness (QED) is 0.646. The van der Waals surface area contributed by atoms with Crippen molar-refractivity contribution in [2.75, 3.05) is 20.2 Å². The minimum absolute atomic E-state index is 0.0167. The summed E-state index contributed by atoms with van der Waals surface area (Å²) in [6.45, 7) is 0.821. The van der Waals surface area contributed by atoms with Crippen LogP contribution < -0.4 is 4.74 Å². The molecule has 11 heteroatoms. The fourth-order valence-corrected chi connectivity index (χ4v) is 3.42. The van der Waals surface area contributed by atoms with Gasteiger partial charge in [-0.2, -0.15) is 5.10 Å². The number of aromatic nitrogens is 4. The van der Waals surface area contributed by atoms with Gasteiger partial charge in [0, 0.05) is 13.1 Å². The number of likely N-dealkylation sites (tertiary alicyclic amines) is 1. The van der Waals surface area contributed by atoms with E-state index in [2.05, 4.69) is 19.8 Å². The van der Waals surface area contributed by atoms with Gasteiger partial charge < -0.3 is 19.5 Å². The van der Waals surface area contributed by atoms with E-state index in [0.29, 0.717) is 37.0 Å². The first-order chi connectivity index (χ1) is 14.5. The summed E-state index contributed by atoms with van der Waals surface area (Å²) in [5, 5.41) is 14.0. The van der Waals surface area contributed by atoms with Crippen molar-refractivity contribution in [2.24, 2.45) is 0 Å². The topological polar surface area (TPSA) is 120 Å². The van der Waals surface area contributed by atoms with Crippen LogP contribution in [0, 0.1) is 5.82 Å². The van der Waals surface area contributed by atoms with Crippen LogP contribution in [0.2, 0.25) is 0 Å². The lowest BCUT2D eigenvalue weighted by molar-refractivity contribution is 0.0600. The van der Waals surface area contributed by atoms with Gasteiger partial charge >= 0.3 is 12.1 Å². The number of methoxy groups -OCH3 is 1. The number of carboxylic acid groups (broad SMARTS) is 1. The number of benzene rings is 1. The van der Waals surface area contributed by atoms with E-state index in [9.17, 15) is 14.0 Å². The van der Waals surface area contributed by atoms with Crippen molar-refractivity contribution >= 4 is 23.1 Å². The molecule has 0 atom stereocenters. The first-order valence-corrected chi connectivity index (χ1v) is 9.19. The van der Waals surface area contributed by atoms with Crippen molar-refractivity contribution < 1.29 is 28.6 Å². The Morgan fingerprint density at radius 1 is 1.23 bits per heavy atom. The molecule has 3 heterocycles. The average molecular weight is 415 g/mol. The maximum atomic E-state index is 14.4. The summed E-state index contributed by atoms with van der Waals surface area (Å²) in [5.41, 5.74) is 0.580. The fourth-order valence-electron chi connectivity index (χ4n) is 3.42. The molecule has 4 rings (SSSR count). The average Bonchev–Trinajstić information content (AvgIpc) is 3.19. The van der Waals surface area contributed by atoms with E-state index in [1.165, 1.54) is 36.7 Å². The van der Waals surface area contributed by atoms with Crippen molar-refractivity contribution in [1.82, 2.24) is 24.6 Å². The molecule has 156 valence electrons. The highest BCUT2D eigenvalue weighted by atomic mass is 19.1. The number of hydrogen-bond acceptors (Lipinski definition) is 7. The largest absolute Gasteiger partial charge is 0.465 e. The Bertz CT molecular complexity index is 1110. The van der Waals surface area contributed by atoms with E-state index in [0.717, 1.165) is 6.07 Å². The summed E-state index contributed by atoms with van der Waals surface area (Å²) in [7, 11) is 1.21. The van der Waals surface area contributed by atoms with Gasteiger partial charge in [-0.05, 0) is 31.0 Å². The van der Waals surface area contributed by atoms with Crippen molar-refractivity contribution in [2.45, 2.75) is 18.9 Å². The van der Waals surface area contributed by atoms with Crippen LogP contribution in [0.5, 0.6) is 11.6 Å². The first-order valence-electron chi connectivity index (χ1n) is 9.19. The summed E-state index contributed by atoms with van der Waals surface area (Å²) in [4.78, 5) is 32.3. The van der Waals surface area contributed by atoms with Crippen molar-refractivity contribution in [3.05, 3.63) is 42.1 Å². The number of rotatable bonds is 4. The number of nitrogens with zero attached hydrogens (tertiary/aromatic N) is 5. The fraction of sp³-hybridized carbons (Fsp3) is 0.316. The number of ether oxygens (including phenoxy) is 2. The van der Waals surface area contributed by atoms with E-state index < -0.39 is 17.9 Å². The summed E-state index contributed by atoms with van der Waals surface area (Å²) >= 11 is 0. The highest BCUT2D eigenvalue weighted by molar-refractivity contribution is 5.89. The van der Waals surface area contributed by atoms with Gasteiger partial charge in [0.2, 0.25) is 5.88 Å². The molecule has 3 aromatic rings. The second-order valence-electron chi connectivity index (χ2n) is 6.74. The van der Waals surface area contributed by atoms with E-state index in [1.807, 2.05) is 0 Å². The monoisotopic (exact) mass is 415 g/mol. The molecule has 10 nitrogen and oxygen atoms in total. The lowest BCUT2D eigenvalue weighted by Crippen LogP contribution is -2.38. The minimum Gasteiger partial charge on any atom is -0.465 e. The van der Waals surface area contributed by atoms with Gasteiger partial charge in [-0.25, -0.2) is 28.6 Å². The van der Waals surface area contributed by atoms with Crippen LogP contribution in [0.3, 0.4) is 0 Å². The molecule has 2 aromatic heterocycles. The highest BCUT2D eigenvalue weighted by Crippen LogP contribution is 2.31. The number of hydrogen-bond donors (Lipinski definition) is 1. The minimum atomic E-state index is -0.933. The number of carbonyl (C=O) groups excluding carboxylic acids is 1. The predicted octanol–water partition coefficient (Wildman–Crippen LogP) is 2.86. The van der Waals surface area contributed by atoms with Gasteiger partial charge in [-0.3, -0.25) is 0 Å². The highest BCUT2D eigenvalue weighted by Gasteiger charge is 2.26. The van der Waals surface area contributed by atoms with Crippen LogP contribution in [-0.4, -0.2) is 62.0 Å². The number of halogens is 1. The van der Waals surface area contributed by atoms with E-state index in [4.69, 9.17) is 9.84 Å². The van der Waals surface area contributed by atoms with E-state index in [-0.39, 0.29) is 23.2 Å². The summed E-state index contributed by atoms with van der Waals surface area (Å²) < 4.78 is 26.3. The second kappa shape index (κ2) is 7.93. The summed E-state index contributed by atoms with van der Waals surface area (Å²) in [6, 6.07) is 3.72. The molecule has 0 bridgehead atoms. The van der Waals surface area contributed by atoms with Crippen LogP contribution in [-0.2, 0) is 4.74 Å². The van der Waals surface area contributed by atoms with Gasteiger partial charge in [0.15, 0.2) is 17.2 Å². The molecule has 30 heavy (non-hydrogen) atoms. The summed E-state index contributed by atoms with van der Waals surface area (Å²) in [6.07, 6.45) is 3.11. The van der Waals surface area contributed by atoms with Crippen LogP contribution in [0.25, 0.3) is 11.0 Å². The maximum Gasteiger partial charge on any atom is 0.407 e. The molecule has 1 aliphatic rings.